The Morgan fingerprint density at radius 3 is 2.48 bits per heavy atom. The zero-order valence-electron chi connectivity index (χ0n) is 14.3. The second kappa shape index (κ2) is 8.53. The number of anilines is 1. The van der Waals surface area contributed by atoms with Gasteiger partial charge in [-0.05, 0) is 36.2 Å². The third kappa shape index (κ3) is 6.11. The fourth-order valence-electron chi connectivity index (χ4n) is 2.10. The van der Waals surface area contributed by atoms with E-state index in [1.54, 1.807) is 24.3 Å². The molecule has 0 saturated heterocycles. The van der Waals surface area contributed by atoms with Crippen LogP contribution in [-0.2, 0) is 16.4 Å². The maximum atomic E-state index is 12.0. The van der Waals surface area contributed by atoms with Crippen molar-refractivity contribution < 1.29 is 17.9 Å². The summed E-state index contributed by atoms with van der Waals surface area (Å²) < 4.78 is 28.4. The van der Waals surface area contributed by atoms with Gasteiger partial charge >= 0.3 is 6.03 Å². The van der Waals surface area contributed by atoms with Crippen molar-refractivity contribution in [3.05, 3.63) is 54.1 Å². The van der Waals surface area contributed by atoms with E-state index in [1.807, 2.05) is 19.1 Å². The zero-order valence-corrected chi connectivity index (χ0v) is 15.1. The molecule has 2 amide bonds. The van der Waals surface area contributed by atoms with Crippen LogP contribution in [0.5, 0.6) is 5.75 Å². The maximum Gasteiger partial charge on any atom is 0.319 e. The van der Waals surface area contributed by atoms with Gasteiger partial charge in [-0.2, -0.15) is 0 Å². The van der Waals surface area contributed by atoms with Crippen molar-refractivity contribution in [3.8, 4) is 5.75 Å². The minimum absolute atomic E-state index is 0.254. The van der Waals surface area contributed by atoms with E-state index in [0.717, 1.165) is 18.2 Å². The number of ether oxygens (including phenoxy) is 1. The summed E-state index contributed by atoms with van der Waals surface area (Å²) in [5, 5.41) is 5.47. The molecule has 2 N–H and O–H groups in total. The van der Waals surface area contributed by atoms with Gasteiger partial charge in [0.05, 0.1) is 11.5 Å². The molecule has 0 aromatic heterocycles. The topological polar surface area (TPSA) is 84.5 Å². The number of hydrogen-bond acceptors (Lipinski definition) is 4. The van der Waals surface area contributed by atoms with Crippen LogP contribution in [-0.4, -0.2) is 27.3 Å². The Balaban J connectivity index is 1.88. The van der Waals surface area contributed by atoms with E-state index in [1.165, 1.54) is 12.1 Å². The van der Waals surface area contributed by atoms with Crippen LogP contribution in [0.25, 0.3) is 0 Å². The van der Waals surface area contributed by atoms with Crippen LogP contribution in [0, 0.1) is 0 Å². The molecular weight excluding hydrogens is 340 g/mol. The first kappa shape index (κ1) is 18.8. The molecule has 0 bridgehead atoms. The van der Waals surface area contributed by atoms with Crippen LogP contribution in [0.15, 0.2) is 53.4 Å². The van der Waals surface area contributed by atoms with E-state index in [9.17, 15) is 13.2 Å². The lowest BCUT2D eigenvalue weighted by Crippen LogP contribution is -2.28. The summed E-state index contributed by atoms with van der Waals surface area (Å²) in [6, 6.07) is 13.2. The molecule has 0 heterocycles. The van der Waals surface area contributed by atoms with E-state index in [-0.39, 0.29) is 10.9 Å². The standard InChI is InChI=1S/C18H22N2O4S/c1-3-11-24-16-6-4-5-15(12-16)20-18(21)19-13-14-7-9-17(10-8-14)25(2,22)23/h4-10,12H,3,11,13H2,1-2H3,(H2,19,20,21). The Morgan fingerprint density at radius 1 is 1.12 bits per heavy atom. The van der Waals surface area contributed by atoms with E-state index >= 15 is 0 Å². The highest BCUT2D eigenvalue weighted by Gasteiger charge is 2.07. The average molecular weight is 362 g/mol. The summed E-state index contributed by atoms with van der Waals surface area (Å²) in [7, 11) is -3.21. The monoisotopic (exact) mass is 362 g/mol. The van der Waals surface area contributed by atoms with Crippen molar-refractivity contribution >= 4 is 21.6 Å². The molecule has 6 nitrogen and oxygen atoms in total. The van der Waals surface area contributed by atoms with Crippen molar-refractivity contribution in [2.75, 3.05) is 18.2 Å². The second-order valence-corrected chi connectivity index (χ2v) is 7.62. The first-order valence-corrected chi connectivity index (χ1v) is 9.84. The number of sulfone groups is 1. The van der Waals surface area contributed by atoms with Gasteiger partial charge in [0.1, 0.15) is 5.75 Å². The van der Waals surface area contributed by atoms with Gasteiger partial charge in [0, 0.05) is 24.6 Å². The lowest BCUT2D eigenvalue weighted by atomic mass is 10.2. The van der Waals surface area contributed by atoms with Gasteiger partial charge in [-0.3, -0.25) is 0 Å². The normalized spacial score (nSPS) is 11.0. The number of amides is 2. The van der Waals surface area contributed by atoms with Gasteiger partial charge in [0.25, 0.3) is 0 Å². The predicted molar refractivity (Wildman–Crippen MR) is 97.6 cm³/mol. The van der Waals surface area contributed by atoms with Gasteiger partial charge in [-0.1, -0.05) is 25.1 Å². The molecule has 2 rings (SSSR count). The fraction of sp³-hybridized carbons (Fsp3) is 0.278. The number of carbonyl (C=O) groups is 1. The van der Waals surface area contributed by atoms with Crippen LogP contribution >= 0.6 is 0 Å². The van der Waals surface area contributed by atoms with Gasteiger partial charge in [-0.15, -0.1) is 0 Å². The number of urea groups is 1. The van der Waals surface area contributed by atoms with Gasteiger partial charge in [0.15, 0.2) is 9.84 Å². The fourth-order valence-corrected chi connectivity index (χ4v) is 2.73. The molecule has 7 heteroatoms. The molecule has 0 fully saturated rings. The number of nitrogens with one attached hydrogen (secondary N) is 2. The van der Waals surface area contributed by atoms with Gasteiger partial charge < -0.3 is 15.4 Å². The Hall–Kier alpha value is -2.54. The molecule has 134 valence electrons. The molecule has 0 unspecified atom stereocenters. The van der Waals surface area contributed by atoms with Crippen LogP contribution < -0.4 is 15.4 Å². The van der Waals surface area contributed by atoms with E-state index < -0.39 is 9.84 Å². The number of hydrogen-bond donors (Lipinski definition) is 2. The van der Waals surface area contributed by atoms with Crippen molar-refractivity contribution in [2.24, 2.45) is 0 Å². The van der Waals surface area contributed by atoms with Crippen molar-refractivity contribution in [2.45, 2.75) is 24.8 Å². The lowest BCUT2D eigenvalue weighted by Gasteiger charge is -2.10. The maximum absolute atomic E-state index is 12.0. The lowest BCUT2D eigenvalue weighted by molar-refractivity contribution is 0.251. The summed E-state index contributed by atoms with van der Waals surface area (Å²) >= 11 is 0. The molecule has 0 aliphatic heterocycles. The Kier molecular flexibility index (Phi) is 6.41. The molecule has 0 saturated carbocycles. The summed E-state index contributed by atoms with van der Waals surface area (Å²) in [4.78, 5) is 12.2. The Morgan fingerprint density at radius 2 is 1.84 bits per heavy atom. The van der Waals surface area contributed by atoms with Crippen LogP contribution in [0.3, 0.4) is 0 Å². The summed E-state index contributed by atoms with van der Waals surface area (Å²) in [5.41, 5.74) is 1.45. The third-order valence-electron chi connectivity index (χ3n) is 3.37. The minimum Gasteiger partial charge on any atom is -0.494 e. The van der Waals surface area contributed by atoms with E-state index in [4.69, 9.17) is 4.74 Å². The largest absolute Gasteiger partial charge is 0.494 e. The highest BCUT2D eigenvalue weighted by Crippen LogP contribution is 2.17. The van der Waals surface area contributed by atoms with Gasteiger partial charge in [-0.25, -0.2) is 13.2 Å². The molecule has 0 atom stereocenters. The van der Waals surface area contributed by atoms with Gasteiger partial charge in [0.2, 0.25) is 0 Å². The highest BCUT2D eigenvalue weighted by molar-refractivity contribution is 7.90. The molecule has 0 spiro atoms. The Labute approximate surface area is 148 Å². The van der Waals surface area contributed by atoms with Crippen molar-refractivity contribution in [3.63, 3.8) is 0 Å². The second-order valence-electron chi connectivity index (χ2n) is 5.60. The predicted octanol–water partition coefficient (Wildman–Crippen LogP) is 3.20. The average Bonchev–Trinajstić information content (AvgIpc) is 2.58. The quantitative estimate of drug-likeness (QED) is 0.792. The molecule has 0 aliphatic rings. The first-order chi connectivity index (χ1) is 11.9. The molecule has 25 heavy (non-hydrogen) atoms. The van der Waals surface area contributed by atoms with E-state index in [0.29, 0.717) is 24.6 Å². The number of carbonyl (C=O) groups excluding carboxylic acids is 1. The zero-order chi connectivity index (χ0) is 18.3. The highest BCUT2D eigenvalue weighted by atomic mass is 32.2. The summed E-state index contributed by atoms with van der Waals surface area (Å²) in [6.07, 6.45) is 2.07. The number of rotatable bonds is 7. The van der Waals surface area contributed by atoms with Crippen LogP contribution in [0.1, 0.15) is 18.9 Å². The third-order valence-corrected chi connectivity index (χ3v) is 4.50. The van der Waals surface area contributed by atoms with E-state index in [2.05, 4.69) is 10.6 Å². The first-order valence-electron chi connectivity index (χ1n) is 7.95. The molecule has 0 radical (unpaired) electrons. The Bertz CT molecular complexity index is 817. The van der Waals surface area contributed by atoms with Crippen molar-refractivity contribution in [1.29, 1.82) is 0 Å². The number of benzene rings is 2. The molecular formula is C18H22N2O4S. The summed E-state index contributed by atoms with van der Waals surface area (Å²) in [6.45, 7) is 2.94. The molecule has 0 aliphatic carbocycles. The van der Waals surface area contributed by atoms with Crippen molar-refractivity contribution in [1.82, 2.24) is 5.32 Å². The SMILES string of the molecule is CCCOc1cccc(NC(=O)NCc2ccc(S(C)(=O)=O)cc2)c1. The molecule has 2 aromatic rings. The summed E-state index contributed by atoms with van der Waals surface area (Å²) in [5.74, 6) is 0.705. The minimum atomic E-state index is -3.21. The smallest absolute Gasteiger partial charge is 0.319 e. The van der Waals surface area contributed by atoms with Crippen LogP contribution in [0.2, 0.25) is 0 Å². The molecule has 2 aromatic carbocycles. The van der Waals surface area contributed by atoms with Crippen LogP contribution in [0.4, 0.5) is 10.5 Å².